The molecule has 2 aromatic rings. The van der Waals surface area contributed by atoms with Crippen molar-refractivity contribution in [1.29, 1.82) is 0 Å². The Labute approximate surface area is 113 Å². The minimum atomic E-state index is 0.956. The summed E-state index contributed by atoms with van der Waals surface area (Å²) in [6, 6.07) is 10.6. The Morgan fingerprint density at radius 2 is 1.94 bits per heavy atom. The Morgan fingerprint density at radius 3 is 2.56 bits per heavy atom. The van der Waals surface area contributed by atoms with Gasteiger partial charge in [-0.1, -0.05) is 17.7 Å². The van der Waals surface area contributed by atoms with Gasteiger partial charge in [0.25, 0.3) is 0 Å². The molecule has 0 bridgehead atoms. The van der Waals surface area contributed by atoms with Crippen LogP contribution in [-0.2, 0) is 7.05 Å². The van der Waals surface area contributed by atoms with Gasteiger partial charge in [-0.25, -0.2) is 0 Å². The molecular weight excluding hydrogens is 242 g/mol. The summed E-state index contributed by atoms with van der Waals surface area (Å²) in [5.41, 5.74) is 3.55. The summed E-state index contributed by atoms with van der Waals surface area (Å²) in [5.74, 6) is 1.03. The van der Waals surface area contributed by atoms with Crippen LogP contribution in [0.5, 0.6) is 0 Å². The molecule has 1 aromatic carbocycles. The van der Waals surface area contributed by atoms with Gasteiger partial charge in [-0.05, 0) is 32.0 Å². The topological polar surface area (TPSA) is 29.9 Å². The molecule has 0 atom stereocenters. The summed E-state index contributed by atoms with van der Waals surface area (Å²) in [5, 5.41) is 8.97. The molecule has 0 amide bonds. The summed E-state index contributed by atoms with van der Waals surface area (Å²) < 4.78 is 1.94. The molecule has 0 saturated heterocycles. The molecule has 0 unspecified atom stereocenters. The molecule has 2 rings (SSSR count). The highest BCUT2D eigenvalue weighted by Crippen LogP contribution is 2.18. The van der Waals surface area contributed by atoms with Gasteiger partial charge in [0, 0.05) is 25.0 Å². The van der Waals surface area contributed by atoms with E-state index in [-0.39, 0.29) is 0 Å². The first-order valence-electron chi connectivity index (χ1n) is 6.09. The fourth-order valence-corrected chi connectivity index (χ4v) is 2.64. The minimum Gasteiger partial charge on any atom is -0.384 e. The molecule has 4 heteroatoms. The summed E-state index contributed by atoms with van der Waals surface area (Å²) in [7, 11) is 1.99. The van der Waals surface area contributed by atoms with Gasteiger partial charge < -0.3 is 5.32 Å². The van der Waals surface area contributed by atoms with Crippen LogP contribution in [0, 0.1) is 13.8 Å². The van der Waals surface area contributed by atoms with Gasteiger partial charge >= 0.3 is 0 Å². The predicted octanol–water partition coefficient (Wildman–Crippen LogP) is 3.24. The van der Waals surface area contributed by atoms with Crippen molar-refractivity contribution in [1.82, 2.24) is 9.78 Å². The fraction of sp³-hybridized carbons (Fsp3) is 0.357. The second-order valence-corrected chi connectivity index (χ2v) is 5.50. The maximum atomic E-state index is 4.33. The number of thioether (sulfide) groups is 1. The highest BCUT2D eigenvalue weighted by Gasteiger charge is 2.01. The third-order valence-electron chi connectivity index (χ3n) is 2.69. The standard InChI is InChI=1S/C14H19N3S/c1-11-4-6-13(7-5-11)15-8-9-18-14-10-12(2)16-17(14)3/h4-7,10,15H,8-9H2,1-3H3. The van der Waals surface area contributed by atoms with E-state index in [1.807, 2.05) is 30.4 Å². The predicted molar refractivity (Wildman–Crippen MR) is 78.3 cm³/mol. The number of anilines is 1. The third-order valence-corrected chi connectivity index (χ3v) is 3.78. The van der Waals surface area contributed by atoms with Crippen LogP contribution in [0.3, 0.4) is 0 Å². The van der Waals surface area contributed by atoms with E-state index in [4.69, 9.17) is 0 Å². The van der Waals surface area contributed by atoms with E-state index in [9.17, 15) is 0 Å². The van der Waals surface area contributed by atoms with Crippen molar-refractivity contribution < 1.29 is 0 Å². The number of aryl methyl sites for hydroxylation is 3. The normalized spacial score (nSPS) is 10.6. The Morgan fingerprint density at radius 1 is 1.22 bits per heavy atom. The second-order valence-electron chi connectivity index (χ2n) is 4.39. The van der Waals surface area contributed by atoms with Crippen LogP contribution in [0.2, 0.25) is 0 Å². The van der Waals surface area contributed by atoms with Crippen LogP contribution in [-0.4, -0.2) is 22.1 Å². The van der Waals surface area contributed by atoms with E-state index < -0.39 is 0 Å². The molecule has 0 aliphatic heterocycles. The van der Waals surface area contributed by atoms with Crippen molar-refractivity contribution in [2.24, 2.45) is 7.05 Å². The summed E-state index contributed by atoms with van der Waals surface area (Å²) in [4.78, 5) is 0. The van der Waals surface area contributed by atoms with Crippen molar-refractivity contribution in [3.8, 4) is 0 Å². The van der Waals surface area contributed by atoms with Gasteiger partial charge in [0.2, 0.25) is 0 Å². The SMILES string of the molecule is Cc1ccc(NCCSc2cc(C)nn2C)cc1. The molecule has 1 aromatic heterocycles. The van der Waals surface area contributed by atoms with E-state index in [0.717, 1.165) is 18.0 Å². The lowest BCUT2D eigenvalue weighted by molar-refractivity contribution is 0.692. The third kappa shape index (κ3) is 3.53. The molecular formula is C14H19N3S. The molecule has 0 spiro atoms. The number of nitrogens with zero attached hydrogens (tertiary/aromatic N) is 2. The molecule has 3 nitrogen and oxygen atoms in total. The number of rotatable bonds is 5. The van der Waals surface area contributed by atoms with Gasteiger partial charge in [0.15, 0.2) is 0 Å². The number of aromatic nitrogens is 2. The zero-order valence-electron chi connectivity index (χ0n) is 11.1. The fourth-order valence-electron chi connectivity index (χ4n) is 1.74. The summed E-state index contributed by atoms with van der Waals surface area (Å²) in [6.45, 7) is 5.08. The number of nitrogens with one attached hydrogen (secondary N) is 1. The number of benzene rings is 1. The number of hydrogen-bond donors (Lipinski definition) is 1. The van der Waals surface area contributed by atoms with Crippen LogP contribution in [0.1, 0.15) is 11.3 Å². The first-order chi connectivity index (χ1) is 8.65. The van der Waals surface area contributed by atoms with Gasteiger partial charge in [-0.3, -0.25) is 4.68 Å². The van der Waals surface area contributed by atoms with Crippen LogP contribution in [0.15, 0.2) is 35.4 Å². The van der Waals surface area contributed by atoms with Gasteiger partial charge in [0.1, 0.15) is 0 Å². The quantitative estimate of drug-likeness (QED) is 0.662. The van der Waals surface area contributed by atoms with Crippen molar-refractivity contribution in [2.45, 2.75) is 18.9 Å². The van der Waals surface area contributed by atoms with E-state index in [0.29, 0.717) is 0 Å². The molecule has 96 valence electrons. The highest BCUT2D eigenvalue weighted by molar-refractivity contribution is 7.99. The molecule has 0 aliphatic carbocycles. The van der Waals surface area contributed by atoms with Crippen LogP contribution in [0.25, 0.3) is 0 Å². The van der Waals surface area contributed by atoms with E-state index >= 15 is 0 Å². The van der Waals surface area contributed by atoms with Gasteiger partial charge in [0.05, 0.1) is 10.7 Å². The highest BCUT2D eigenvalue weighted by atomic mass is 32.2. The monoisotopic (exact) mass is 261 g/mol. The zero-order chi connectivity index (χ0) is 13.0. The smallest absolute Gasteiger partial charge is 0.0939 e. The first kappa shape index (κ1) is 13.0. The Bertz CT molecular complexity index is 502. The Kier molecular flexibility index (Phi) is 4.31. The molecule has 0 saturated carbocycles. The number of hydrogen-bond acceptors (Lipinski definition) is 3. The Hall–Kier alpha value is -1.42. The van der Waals surface area contributed by atoms with Crippen LogP contribution in [0.4, 0.5) is 5.69 Å². The largest absolute Gasteiger partial charge is 0.384 e. The maximum Gasteiger partial charge on any atom is 0.0939 e. The summed E-state index contributed by atoms with van der Waals surface area (Å²) in [6.07, 6.45) is 0. The van der Waals surface area contributed by atoms with Crippen molar-refractivity contribution in [3.63, 3.8) is 0 Å². The van der Waals surface area contributed by atoms with E-state index in [1.54, 1.807) is 0 Å². The molecule has 0 fully saturated rings. The minimum absolute atomic E-state index is 0.956. The van der Waals surface area contributed by atoms with Gasteiger partial charge in [-0.2, -0.15) is 5.10 Å². The molecule has 18 heavy (non-hydrogen) atoms. The van der Waals surface area contributed by atoms with Crippen molar-refractivity contribution in [2.75, 3.05) is 17.6 Å². The average Bonchev–Trinajstić information content (AvgIpc) is 2.66. The van der Waals surface area contributed by atoms with Crippen molar-refractivity contribution in [3.05, 3.63) is 41.6 Å². The Balaban J connectivity index is 1.76. The van der Waals surface area contributed by atoms with Crippen molar-refractivity contribution >= 4 is 17.4 Å². The zero-order valence-corrected chi connectivity index (χ0v) is 11.9. The lowest BCUT2D eigenvalue weighted by atomic mass is 10.2. The lowest BCUT2D eigenvalue weighted by Crippen LogP contribution is -2.04. The molecule has 0 radical (unpaired) electrons. The second kappa shape index (κ2) is 5.96. The molecule has 0 aliphatic rings. The maximum absolute atomic E-state index is 4.33. The molecule has 1 N–H and O–H groups in total. The van der Waals surface area contributed by atoms with Gasteiger partial charge in [-0.15, -0.1) is 11.8 Å². The molecule has 1 heterocycles. The van der Waals surface area contributed by atoms with Crippen LogP contribution >= 0.6 is 11.8 Å². The summed E-state index contributed by atoms with van der Waals surface area (Å²) >= 11 is 1.83. The van der Waals surface area contributed by atoms with E-state index in [2.05, 4.69) is 47.7 Å². The lowest BCUT2D eigenvalue weighted by Gasteiger charge is -2.06. The average molecular weight is 261 g/mol. The van der Waals surface area contributed by atoms with E-state index in [1.165, 1.54) is 16.3 Å². The van der Waals surface area contributed by atoms with Crippen LogP contribution < -0.4 is 5.32 Å². The first-order valence-corrected chi connectivity index (χ1v) is 7.08.